The average Bonchev–Trinajstić information content (AvgIpc) is 1.61. The van der Waals surface area contributed by atoms with Crippen molar-refractivity contribution in [1.29, 1.82) is 0 Å². The van der Waals surface area contributed by atoms with E-state index in [9.17, 15) is 24.0 Å². The Morgan fingerprint density at radius 1 is 0.367 bits per heavy atom. The number of aromatic amines is 7. The van der Waals surface area contributed by atoms with E-state index >= 15 is 0 Å². The summed E-state index contributed by atoms with van der Waals surface area (Å²) in [6.45, 7) is 52.3. The Morgan fingerprint density at radius 2 is 0.693 bits per heavy atom. The summed E-state index contributed by atoms with van der Waals surface area (Å²) in [5.41, 5.74) is 57.2. The summed E-state index contributed by atoms with van der Waals surface area (Å²) in [5.74, 6) is 8.51. The van der Waals surface area contributed by atoms with Gasteiger partial charge in [0.15, 0.2) is 5.78 Å². The highest BCUT2D eigenvalue weighted by Crippen LogP contribution is 2.47. The van der Waals surface area contributed by atoms with Gasteiger partial charge in [-0.1, -0.05) is 145 Å². The van der Waals surface area contributed by atoms with Crippen LogP contribution in [0.15, 0.2) is 79.3 Å². The molecule has 14 aromatic rings. The summed E-state index contributed by atoms with van der Waals surface area (Å²) in [5, 5.41) is 18.1. The molecule has 0 spiro atoms. The highest BCUT2D eigenvalue weighted by molar-refractivity contribution is 6.06. The molecule has 18 N–H and O–H groups in total. The molecular weight excluding hydrogens is 1880 g/mol. The van der Waals surface area contributed by atoms with Crippen LogP contribution in [0.5, 0.6) is 0 Å². The van der Waals surface area contributed by atoms with Gasteiger partial charge in [-0.25, -0.2) is 5.84 Å². The first-order valence-corrected chi connectivity index (χ1v) is 55.0. The molecule has 21 rings (SSSR count). The van der Waals surface area contributed by atoms with Gasteiger partial charge >= 0.3 is 0 Å². The smallest absolute Gasteiger partial charge is 0.268 e. The van der Waals surface area contributed by atoms with E-state index in [1.165, 1.54) is 87.2 Å². The quantitative estimate of drug-likeness (QED) is 0.0132. The molecule has 0 saturated carbocycles. The Hall–Kier alpha value is -11.8. The van der Waals surface area contributed by atoms with Gasteiger partial charge in [0.05, 0.1) is 103 Å². The normalized spacial score (nSPS) is 18.6. The largest absolute Gasteiger partial charge is 0.396 e. The lowest BCUT2D eigenvalue weighted by Crippen LogP contribution is -2.30. The van der Waals surface area contributed by atoms with Crippen LogP contribution in [0.1, 0.15) is 364 Å². The fourth-order valence-corrected chi connectivity index (χ4v) is 23.4. The molecule has 28 nitrogen and oxygen atoms in total. The molecule has 0 saturated heterocycles. The highest BCUT2D eigenvalue weighted by atomic mass is 16.5. The SMILES string of the molecule is CC(=O)c1cc2nc3c(cc2[nH]1)CC(C(C)(C)C)CC3.CC(C)(C)C1CCc2nc3c(C(=O)NN)c[nH]c3cc2C1.CC(C)(C)C1CCc2nc3c(C(N)=O)c[nH]c3cc2C1.CC(C)(C)C1CCc2nc3c(CCCCO)c(C(N)=O)[nH]c3cc2C1.CC(C)(C)C1CCc2nc3c(CCCO)c(C(N)=O)[nH]c3cc2C1.CC(C)(C)C1CCc2nc3cc[nH]c3cc2C1.COCCOCc1cc2nc3c(cc2[nH]1)CC(C(C)(C)C)CC3. The molecule has 0 radical (unpaired) electrons. The lowest BCUT2D eigenvalue weighted by molar-refractivity contribution is 0.0604. The number of nitrogens with zero attached hydrogens (tertiary/aromatic N) is 7. The van der Waals surface area contributed by atoms with Crippen molar-refractivity contribution < 1.29 is 43.7 Å². The number of hydrogen-bond acceptors (Lipinski definition) is 17. The van der Waals surface area contributed by atoms with Crippen LogP contribution in [-0.4, -0.2) is 143 Å². The van der Waals surface area contributed by atoms with Crippen LogP contribution in [0.25, 0.3) is 77.2 Å². The fraction of sp³-hybridized carbons (Fsp3) is 0.557. The van der Waals surface area contributed by atoms with Crippen molar-refractivity contribution in [1.82, 2.24) is 75.2 Å². The predicted octanol–water partition coefficient (Wildman–Crippen LogP) is 22.5. The van der Waals surface area contributed by atoms with E-state index in [2.05, 4.69) is 245 Å². The van der Waals surface area contributed by atoms with Crippen molar-refractivity contribution in [3.8, 4) is 0 Å². The van der Waals surface area contributed by atoms with Gasteiger partial charge in [-0.3, -0.25) is 64.3 Å². The lowest BCUT2D eigenvalue weighted by Gasteiger charge is -2.34. The number of aliphatic hydroxyl groups is 2. The minimum Gasteiger partial charge on any atom is -0.396 e. The van der Waals surface area contributed by atoms with E-state index in [-0.39, 0.29) is 35.7 Å². The number of methoxy groups -OCH3 is 1. The molecule has 7 unspecified atom stereocenters. The Kier molecular flexibility index (Phi) is 34.4. The van der Waals surface area contributed by atoms with Crippen LogP contribution >= 0.6 is 0 Å². The molecule has 150 heavy (non-hydrogen) atoms. The summed E-state index contributed by atoms with van der Waals surface area (Å²) in [6.07, 6.45) is 31.9. The Bertz CT molecular complexity index is 7180. The van der Waals surface area contributed by atoms with Crippen LogP contribution in [0.2, 0.25) is 0 Å². The van der Waals surface area contributed by atoms with E-state index < -0.39 is 17.7 Å². The number of aliphatic hydroxyl groups excluding tert-OH is 2. The van der Waals surface area contributed by atoms with Crippen molar-refractivity contribution in [2.45, 2.75) is 326 Å². The number of rotatable bonds is 17. The first kappa shape index (κ1) is 112. The van der Waals surface area contributed by atoms with E-state index in [4.69, 9.17) is 72.6 Å². The number of fused-ring (bicyclic) bond motifs is 14. The van der Waals surface area contributed by atoms with Gasteiger partial charge in [-0.05, 0) is 346 Å². The van der Waals surface area contributed by atoms with E-state index in [1.807, 2.05) is 12.3 Å². The second-order valence-corrected chi connectivity index (χ2v) is 51.2. The second kappa shape index (κ2) is 46.0. The van der Waals surface area contributed by atoms with Gasteiger partial charge in [-0.2, -0.15) is 0 Å². The minimum absolute atomic E-state index is 0.0635. The van der Waals surface area contributed by atoms with Crippen molar-refractivity contribution in [2.24, 2.45) is 102 Å². The second-order valence-electron chi connectivity index (χ2n) is 51.2. The zero-order chi connectivity index (χ0) is 108. The number of carbonyl (C=O) groups excluding carboxylic acids is 5. The number of carbonyl (C=O) groups is 5. The summed E-state index contributed by atoms with van der Waals surface area (Å²) >= 11 is 0. The monoisotopic (exact) mass is 2040 g/mol. The molecule has 0 bridgehead atoms. The predicted molar refractivity (Wildman–Crippen MR) is 602 cm³/mol. The molecule has 0 aliphatic heterocycles. The number of hydrazine groups is 1. The number of nitrogen functional groups attached to an aromatic ring is 1. The maximum atomic E-state index is 11.8. The van der Waals surface area contributed by atoms with Gasteiger partial charge in [0.1, 0.15) is 22.4 Å². The van der Waals surface area contributed by atoms with Gasteiger partial charge in [-0.15, -0.1) is 0 Å². The van der Waals surface area contributed by atoms with E-state index in [1.54, 1.807) is 26.4 Å². The molecular formula is C122H169N19O9. The zero-order valence-electron chi connectivity index (χ0n) is 93.7. The molecule has 806 valence electrons. The van der Waals surface area contributed by atoms with Crippen molar-refractivity contribution in [3.63, 3.8) is 0 Å². The summed E-state index contributed by atoms with van der Waals surface area (Å²) in [6, 6.07) is 21.4. The summed E-state index contributed by atoms with van der Waals surface area (Å²) < 4.78 is 10.6. The average molecular weight is 2050 g/mol. The van der Waals surface area contributed by atoms with E-state index in [0.29, 0.717) is 141 Å². The topological polar surface area (TPSA) is 461 Å². The standard InChI is InChI=1S/C20H29N3O2.C19H27N3O2.C19H28N2O2.C17H22N2O.C16H22N4O.C16H21N3O.C15H20N2/c1-20(2,3)13-7-8-15-12(10-13)11-16-17(22-15)14(6-4-5-9-24)18(23-16)19(21)25;1-19(2,3)12-6-7-14-11(9-12)10-15-16(21-14)13(5-4-8-23)17(22-15)18(20)24;1-19(2,3)14-5-6-16-13(9-14)10-17-18(21-16)11-15(20-17)12-23-8-7-22-4;1-10(20)14-9-16-15(19-14)8-11-7-12(17(2,3)4)5-6-13(11)18-16;1-16(2,3)10-4-5-12-9(6-10)7-13-14(19-12)11(8-18-13)15(21)20-17;1-16(2,3)10-4-5-12-9(6-10)7-13-14(19-12)11(8-18-13)15(17)20;1-15(2,3)11-4-5-12-10(8-11)9-14-13(17-12)6-7-16-14/h11,13,23-24H,4-10H2,1-3H3,(H2,21,25);10,12,22-23H,4-9H2,1-3H3,(H2,20,24);10-11,14,20H,5-9,12H2,1-4H3;8-9,12,19H,5-7H2,1-4H3;7-8,10,18H,4-6,17H2,1-3H3,(H,20,21);7-8,10,18H,4-6H2,1-3H3,(H2,17,20);6-7,9,11,16H,4-5,8H2,1-3H3. The van der Waals surface area contributed by atoms with Crippen molar-refractivity contribution in [3.05, 3.63) is 203 Å². The van der Waals surface area contributed by atoms with Gasteiger partial charge in [0.2, 0.25) is 0 Å². The number of primary amides is 3. The Morgan fingerprint density at radius 3 is 1.05 bits per heavy atom. The number of nitrogens with two attached hydrogens (primary N) is 4. The molecule has 0 aromatic carbocycles. The maximum absolute atomic E-state index is 11.8. The van der Waals surface area contributed by atoms with Crippen LogP contribution in [0, 0.1) is 79.3 Å². The third kappa shape index (κ3) is 26.5. The first-order chi connectivity index (χ1) is 70.7. The fourth-order valence-electron chi connectivity index (χ4n) is 23.4. The molecule has 7 aliphatic rings. The molecule has 14 heterocycles. The van der Waals surface area contributed by atoms with Gasteiger partial charge in [0.25, 0.3) is 23.6 Å². The number of nitrogens with one attached hydrogen (secondary N) is 8. The number of H-pyrrole nitrogens is 7. The van der Waals surface area contributed by atoms with Crippen LogP contribution in [-0.2, 0) is 119 Å². The Balaban J connectivity index is 0.000000131. The number of hydrogen-bond donors (Lipinski definition) is 14. The van der Waals surface area contributed by atoms with Crippen LogP contribution < -0.4 is 28.5 Å². The maximum Gasteiger partial charge on any atom is 0.268 e. The number of aryl methyl sites for hydroxylation is 9. The molecule has 14 aromatic heterocycles. The number of amides is 4. The Labute approximate surface area is 885 Å². The summed E-state index contributed by atoms with van der Waals surface area (Å²) in [7, 11) is 1.69. The number of aromatic nitrogens is 14. The number of Topliss-reactive ketones (excluding diaryl/α,β-unsaturated/α-hetero) is 1. The minimum atomic E-state index is -0.466. The van der Waals surface area contributed by atoms with Crippen molar-refractivity contribution >= 4 is 107 Å². The molecule has 28 heteroatoms. The number of unbranched alkanes of at least 4 members (excludes halogenated alkanes) is 1. The number of ether oxygens (including phenoxy) is 2. The lowest BCUT2D eigenvalue weighted by atomic mass is 9.71. The molecule has 7 aliphatic carbocycles. The van der Waals surface area contributed by atoms with Gasteiger partial charge < -0.3 is 71.8 Å². The van der Waals surface area contributed by atoms with Crippen LogP contribution in [0.3, 0.4) is 0 Å². The first-order valence-electron chi connectivity index (χ1n) is 55.0. The zero-order valence-corrected chi connectivity index (χ0v) is 93.7. The van der Waals surface area contributed by atoms with Gasteiger partial charge in [0, 0.05) is 103 Å². The summed E-state index contributed by atoms with van der Waals surface area (Å²) in [4.78, 5) is 114. The van der Waals surface area contributed by atoms with E-state index in [0.717, 1.165) is 228 Å². The molecule has 4 amide bonds. The van der Waals surface area contributed by atoms with Crippen molar-refractivity contribution in [2.75, 3.05) is 33.5 Å². The third-order valence-corrected chi connectivity index (χ3v) is 33.6. The molecule has 7 atom stereocenters. The third-order valence-electron chi connectivity index (χ3n) is 33.6. The van der Waals surface area contributed by atoms with Crippen LogP contribution in [0.4, 0.5) is 0 Å². The number of ketones is 1. The molecule has 0 fully saturated rings. The highest BCUT2D eigenvalue weighted by Gasteiger charge is 2.39. The number of pyridine rings is 7.